The molecule has 0 aromatic carbocycles. The van der Waals surface area contributed by atoms with Crippen molar-refractivity contribution in [3.63, 3.8) is 0 Å². The molecular formula is C11H23NO4S. The molecule has 1 rings (SSSR count). The van der Waals surface area contributed by atoms with Gasteiger partial charge in [0.2, 0.25) is 10.0 Å². The van der Waals surface area contributed by atoms with Crippen LogP contribution in [0.5, 0.6) is 0 Å². The zero-order valence-electron chi connectivity index (χ0n) is 10.6. The molecule has 1 saturated carbocycles. The Bertz CT molecular complexity index is 315. The summed E-state index contributed by atoms with van der Waals surface area (Å²) in [5, 5.41) is 9.69. The molecule has 5 nitrogen and oxygen atoms in total. The van der Waals surface area contributed by atoms with Crippen molar-refractivity contribution in [1.29, 1.82) is 0 Å². The van der Waals surface area contributed by atoms with E-state index in [1.165, 1.54) is 0 Å². The molecule has 0 amide bonds. The smallest absolute Gasteiger partial charge is 0.214 e. The lowest BCUT2D eigenvalue weighted by Gasteiger charge is -2.28. The summed E-state index contributed by atoms with van der Waals surface area (Å²) in [7, 11) is -3.34. The van der Waals surface area contributed by atoms with Crippen LogP contribution in [0, 0.1) is 0 Å². The third-order valence-electron chi connectivity index (χ3n) is 2.86. The summed E-state index contributed by atoms with van der Waals surface area (Å²) < 4.78 is 31.2. The van der Waals surface area contributed by atoms with Gasteiger partial charge in [-0.25, -0.2) is 13.1 Å². The zero-order valence-corrected chi connectivity index (χ0v) is 11.4. The first-order valence-electron chi connectivity index (χ1n) is 6.20. The van der Waals surface area contributed by atoms with E-state index in [0.717, 1.165) is 12.8 Å². The van der Waals surface area contributed by atoms with Crippen molar-refractivity contribution in [3.05, 3.63) is 0 Å². The van der Waals surface area contributed by atoms with Crippen molar-refractivity contribution < 1.29 is 18.3 Å². The second kappa shape index (κ2) is 6.68. The van der Waals surface area contributed by atoms with Gasteiger partial charge in [-0.2, -0.15) is 0 Å². The van der Waals surface area contributed by atoms with Gasteiger partial charge >= 0.3 is 0 Å². The largest absolute Gasteiger partial charge is 0.391 e. The lowest BCUT2D eigenvalue weighted by atomic mass is 9.93. The van der Waals surface area contributed by atoms with Crippen LogP contribution in [0.1, 0.15) is 39.5 Å². The Morgan fingerprint density at radius 3 is 2.59 bits per heavy atom. The number of sulfonamides is 1. The molecule has 0 radical (unpaired) electrons. The van der Waals surface area contributed by atoms with Crippen LogP contribution >= 0.6 is 0 Å². The lowest BCUT2D eigenvalue weighted by molar-refractivity contribution is 0.0896. The molecular weight excluding hydrogens is 242 g/mol. The molecule has 2 N–H and O–H groups in total. The van der Waals surface area contributed by atoms with Crippen LogP contribution in [0.4, 0.5) is 0 Å². The van der Waals surface area contributed by atoms with Gasteiger partial charge in [-0.1, -0.05) is 12.8 Å². The van der Waals surface area contributed by atoms with Crippen molar-refractivity contribution in [2.45, 2.75) is 57.8 Å². The molecule has 1 fully saturated rings. The highest BCUT2D eigenvalue weighted by molar-refractivity contribution is 7.89. The van der Waals surface area contributed by atoms with Gasteiger partial charge in [0.1, 0.15) is 0 Å². The molecule has 1 aliphatic carbocycles. The van der Waals surface area contributed by atoms with E-state index in [4.69, 9.17) is 4.74 Å². The second-order valence-electron chi connectivity index (χ2n) is 4.81. The SMILES string of the molecule is CC(C)OCCS(=O)(=O)N[C@@H]1CCCC[C@H]1O. The Balaban J connectivity index is 2.37. The minimum Gasteiger partial charge on any atom is -0.391 e. The van der Waals surface area contributed by atoms with Crippen LogP contribution in [0.15, 0.2) is 0 Å². The molecule has 6 heteroatoms. The molecule has 102 valence electrons. The van der Waals surface area contributed by atoms with Crippen LogP contribution in [0.2, 0.25) is 0 Å². The monoisotopic (exact) mass is 265 g/mol. The van der Waals surface area contributed by atoms with Gasteiger partial charge < -0.3 is 9.84 Å². The van der Waals surface area contributed by atoms with Gasteiger partial charge in [0, 0.05) is 6.04 Å². The van der Waals surface area contributed by atoms with E-state index >= 15 is 0 Å². The normalized spacial score (nSPS) is 26.4. The average molecular weight is 265 g/mol. The van der Waals surface area contributed by atoms with E-state index in [1.807, 2.05) is 13.8 Å². The number of aliphatic hydroxyl groups is 1. The molecule has 0 saturated heterocycles. The Hall–Kier alpha value is -0.170. The van der Waals surface area contributed by atoms with Crippen molar-refractivity contribution in [3.8, 4) is 0 Å². The Labute approximate surface area is 104 Å². The van der Waals surface area contributed by atoms with Gasteiger partial charge in [-0.15, -0.1) is 0 Å². The van der Waals surface area contributed by atoms with E-state index in [1.54, 1.807) is 0 Å². The summed E-state index contributed by atoms with van der Waals surface area (Å²) in [6.07, 6.45) is 2.80. The highest BCUT2D eigenvalue weighted by atomic mass is 32.2. The summed E-state index contributed by atoms with van der Waals surface area (Å²) in [4.78, 5) is 0. The van der Waals surface area contributed by atoms with Crippen LogP contribution in [0.3, 0.4) is 0 Å². The van der Waals surface area contributed by atoms with Gasteiger partial charge in [0.05, 0.1) is 24.6 Å². The number of nitrogens with one attached hydrogen (secondary N) is 1. The first-order valence-corrected chi connectivity index (χ1v) is 7.85. The van der Waals surface area contributed by atoms with Crippen LogP contribution in [0.25, 0.3) is 0 Å². The topological polar surface area (TPSA) is 75.6 Å². The van der Waals surface area contributed by atoms with Crippen LogP contribution in [-0.4, -0.2) is 44.1 Å². The molecule has 0 aromatic heterocycles. The molecule has 0 unspecified atom stereocenters. The van der Waals surface area contributed by atoms with Crippen LogP contribution < -0.4 is 4.72 Å². The average Bonchev–Trinajstić information content (AvgIpc) is 2.20. The molecule has 0 aromatic rings. The standard InChI is InChI=1S/C11H23NO4S/c1-9(2)16-7-8-17(14,15)12-10-5-3-4-6-11(10)13/h9-13H,3-8H2,1-2H3/t10-,11-/m1/s1. The summed E-state index contributed by atoms with van der Waals surface area (Å²) in [5.74, 6) is -0.0472. The molecule has 17 heavy (non-hydrogen) atoms. The number of hydrogen-bond acceptors (Lipinski definition) is 4. The van der Waals surface area contributed by atoms with Gasteiger partial charge in [-0.05, 0) is 26.7 Å². The Kier molecular flexibility index (Phi) is 5.85. The third-order valence-corrected chi connectivity index (χ3v) is 4.23. The highest BCUT2D eigenvalue weighted by Gasteiger charge is 2.26. The molecule has 2 atom stereocenters. The van der Waals surface area contributed by atoms with Crippen molar-refractivity contribution in [2.24, 2.45) is 0 Å². The summed E-state index contributed by atoms with van der Waals surface area (Å²) in [6, 6.07) is -0.326. The van der Waals surface area contributed by atoms with E-state index in [0.29, 0.717) is 12.8 Å². The van der Waals surface area contributed by atoms with Crippen LogP contribution in [-0.2, 0) is 14.8 Å². The van der Waals surface area contributed by atoms with E-state index in [2.05, 4.69) is 4.72 Å². The van der Waals surface area contributed by atoms with E-state index in [-0.39, 0.29) is 24.5 Å². The maximum atomic E-state index is 11.7. The molecule has 0 aliphatic heterocycles. The van der Waals surface area contributed by atoms with E-state index < -0.39 is 16.1 Å². The lowest BCUT2D eigenvalue weighted by Crippen LogP contribution is -2.46. The number of ether oxygens (including phenoxy) is 1. The summed E-state index contributed by atoms with van der Waals surface area (Å²) in [5.41, 5.74) is 0. The zero-order chi connectivity index (χ0) is 12.9. The fourth-order valence-electron chi connectivity index (χ4n) is 1.93. The number of aliphatic hydroxyl groups excluding tert-OH is 1. The molecule has 0 bridgehead atoms. The maximum Gasteiger partial charge on any atom is 0.214 e. The minimum atomic E-state index is -3.34. The Morgan fingerprint density at radius 2 is 2.00 bits per heavy atom. The quantitative estimate of drug-likeness (QED) is 0.739. The van der Waals surface area contributed by atoms with Crippen molar-refractivity contribution in [2.75, 3.05) is 12.4 Å². The van der Waals surface area contributed by atoms with E-state index in [9.17, 15) is 13.5 Å². The summed E-state index contributed by atoms with van der Waals surface area (Å²) >= 11 is 0. The van der Waals surface area contributed by atoms with Gasteiger partial charge in [0.25, 0.3) is 0 Å². The minimum absolute atomic E-state index is 0.0328. The maximum absolute atomic E-state index is 11.7. The van der Waals surface area contributed by atoms with Gasteiger partial charge in [0.15, 0.2) is 0 Å². The number of rotatable bonds is 6. The fraction of sp³-hybridized carbons (Fsp3) is 1.00. The molecule has 1 aliphatic rings. The Morgan fingerprint density at radius 1 is 1.35 bits per heavy atom. The first-order chi connectivity index (χ1) is 7.91. The predicted octanol–water partition coefficient (Wildman–Crippen LogP) is 0.634. The fourth-order valence-corrected chi connectivity index (χ4v) is 3.10. The number of hydrogen-bond donors (Lipinski definition) is 2. The van der Waals surface area contributed by atoms with Crippen molar-refractivity contribution >= 4 is 10.0 Å². The second-order valence-corrected chi connectivity index (χ2v) is 6.69. The van der Waals surface area contributed by atoms with Gasteiger partial charge in [-0.3, -0.25) is 0 Å². The van der Waals surface area contributed by atoms with Crippen molar-refractivity contribution in [1.82, 2.24) is 4.72 Å². The molecule has 0 heterocycles. The first kappa shape index (κ1) is 14.9. The highest BCUT2D eigenvalue weighted by Crippen LogP contribution is 2.18. The third kappa shape index (κ3) is 5.81. The molecule has 0 spiro atoms. The predicted molar refractivity (Wildman–Crippen MR) is 66.3 cm³/mol. The summed E-state index contributed by atoms with van der Waals surface area (Å²) in [6.45, 7) is 3.92.